The van der Waals surface area contributed by atoms with Gasteiger partial charge in [0, 0.05) is 12.4 Å². The smallest absolute Gasteiger partial charge is 0.309 e. The maximum absolute atomic E-state index is 13.0. The van der Waals surface area contributed by atoms with Crippen LogP contribution in [0.2, 0.25) is 10.0 Å². The molecule has 0 spiro atoms. The Labute approximate surface area is 186 Å². The second kappa shape index (κ2) is 8.67. The highest BCUT2D eigenvalue weighted by molar-refractivity contribution is 6.30. The molecule has 0 amide bonds. The van der Waals surface area contributed by atoms with Gasteiger partial charge in [0.05, 0.1) is 24.2 Å². The maximum Gasteiger partial charge on any atom is 0.417 e. The number of hydrogen-bond donors (Lipinski definition) is 0. The normalized spacial score (nSPS) is 12.2. The van der Waals surface area contributed by atoms with Crippen molar-refractivity contribution < 1.29 is 26.3 Å². The highest BCUT2D eigenvalue weighted by Crippen LogP contribution is 2.30. The summed E-state index contributed by atoms with van der Waals surface area (Å²) in [5, 5.41) is -1.22. The molecule has 0 bridgehead atoms. The predicted molar refractivity (Wildman–Crippen MR) is 106 cm³/mol. The van der Waals surface area contributed by atoms with Gasteiger partial charge in [0.25, 0.3) is 11.1 Å². The molecule has 1 aromatic carbocycles. The van der Waals surface area contributed by atoms with Gasteiger partial charge in [-0.3, -0.25) is 9.59 Å². The van der Waals surface area contributed by atoms with Gasteiger partial charge in [-0.1, -0.05) is 47.5 Å². The molecule has 0 atom stereocenters. The first-order valence-corrected chi connectivity index (χ1v) is 9.53. The number of rotatable bonds is 4. The van der Waals surface area contributed by atoms with Gasteiger partial charge >= 0.3 is 12.4 Å². The fourth-order valence-electron chi connectivity index (χ4n) is 2.96. The Balaban J connectivity index is 1.95. The van der Waals surface area contributed by atoms with Gasteiger partial charge in [-0.25, -0.2) is 0 Å². The molecule has 0 radical (unpaired) electrons. The van der Waals surface area contributed by atoms with Crippen LogP contribution < -0.4 is 11.1 Å². The van der Waals surface area contributed by atoms with E-state index in [4.69, 9.17) is 23.2 Å². The second-order valence-electron chi connectivity index (χ2n) is 6.84. The number of halogens is 8. The standard InChI is InChI=1S/C20H12Cl2F6N2O2/c21-15-5-13(19(23,24)25)9-29(17(15)31)7-11-2-1-3-12(4-11)8-30-10-14(20(26,27)28)6-16(22)18(30)32/h1-6,9-10H,7-8H2. The van der Waals surface area contributed by atoms with E-state index in [0.29, 0.717) is 35.7 Å². The zero-order valence-corrected chi connectivity index (χ0v) is 17.3. The first-order chi connectivity index (χ1) is 14.8. The summed E-state index contributed by atoms with van der Waals surface area (Å²) in [5.74, 6) is 0. The van der Waals surface area contributed by atoms with Crippen molar-refractivity contribution in [2.24, 2.45) is 0 Å². The quantitative estimate of drug-likeness (QED) is 0.450. The van der Waals surface area contributed by atoms with Crippen molar-refractivity contribution in [2.45, 2.75) is 25.4 Å². The van der Waals surface area contributed by atoms with Crippen molar-refractivity contribution in [2.75, 3.05) is 0 Å². The van der Waals surface area contributed by atoms with Crippen molar-refractivity contribution in [3.8, 4) is 0 Å². The van der Waals surface area contributed by atoms with E-state index in [9.17, 15) is 35.9 Å². The highest BCUT2D eigenvalue weighted by Gasteiger charge is 2.33. The molecular weight excluding hydrogens is 485 g/mol. The Bertz CT molecular complexity index is 1180. The van der Waals surface area contributed by atoms with Crippen molar-refractivity contribution in [1.29, 1.82) is 0 Å². The fourth-order valence-corrected chi connectivity index (χ4v) is 3.42. The summed E-state index contributed by atoms with van der Waals surface area (Å²) < 4.78 is 79.6. The topological polar surface area (TPSA) is 44.0 Å². The van der Waals surface area contributed by atoms with Crippen LogP contribution in [0.3, 0.4) is 0 Å². The average Bonchev–Trinajstić information content (AvgIpc) is 2.67. The molecule has 32 heavy (non-hydrogen) atoms. The molecule has 170 valence electrons. The van der Waals surface area contributed by atoms with Crippen LogP contribution >= 0.6 is 23.2 Å². The molecule has 0 saturated heterocycles. The Morgan fingerprint density at radius 3 is 1.41 bits per heavy atom. The van der Waals surface area contributed by atoms with E-state index in [2.05, 4.69) is 0 Å². The van der Waals surface area contributed by atoms with Crippen molar-refractivity contribution >= 4 is 23.2 Å². The summed E-state index contributed by atoms with van der Waals surface area (Å²) in [4.78, 5) is 24.3. The Morgan fingerprint density at radius 1 is 0.688 bits per heavy atom. The lowest BCUT2D eigenvalue weighted by molar-refractivity contribution is -0.138. The Hall–Kier alpha value is -2.72. The number of nitrogens with zero attached hydrogens (tertiary/aromatic N) is 2. The lowest BCUT2D eigenvalue weighted by Gasteiger charge is -2.14. The van der Waals surface area contributed by atoms with Gasteiger partial charge in [0.2, 0.25) is 0 Å². The number of pyridine rings is 2. The molecular formula is C20H12Cl2F6N2O2. The molecule has 0 saturated carbocycles. The van der Waals surface area contributed by atoms with E-state index in [0.717, 1.165) is 9.13 Å². The maximum atomic E-state index is 13.0. The van der Waals surface area contributed by atoms with E-state index >= 15 is 0 Å². The number of benzene rings is 1. The van der Waals surface area contributed by atoms with Crippen molar-refractivity contribution in [3.05, 3.63) is 102 Å². The van der Waals surface area contributed by atoms with Gasteiger partial charge in [0.15, 0.2) is 0 Å². The van der Waals surface area contributed by atoms with Crippen LogP contribution in [0.1, 0.15) is 22.3 Å². The van der Waals surface area contributed by atoms with Gasteiger partial charge in [-0.15, -0.1) is 0 Å². The molecule has 2 heterocycles. The van der Waals surface area contributed by atoms with Crippen LogP contribution in [-0.4, -0.2) is 9.13 Å². The molecule has 0 aliphatic rings. The number of aromatic nitrogens is 2. The van der Waals surface area contributed by atoms with Gasteiger partial charge in [0.1, 0.15) is 10.0 Å². The summed E-state index contributed by atoms with van der Waals surface area (Å²) in [5.41, 5.74) is -3.17. The van der Waals surface area contributed by atoms with Crippen LogP contribution in [0.25, 0.3) is 0 Å². The molecule has 4 nitrogen and oxygen atoms in total. The molecule has 0 aliphatic heterocycles. The van der Waals surface area contributed by atoms with E-state index in [-0.39, 0.29) is 13.1 Å². The summed E-state index contributed by atoms with van der Waals surface area (Å²) in [6.07, 6.45) is -8.19. The lowest BCUT2D eigenvalue weighted by Crippen LogP contribution is -2.24. The Morgan fingerprint density at radius 2 is 1.06 bits per heavy atom. The fraction of sp³-hybridized carbons (Fsp3) is 0.200. The molecule has 0 aliphatic carbocycles. The SMILES string of the molecule is O=c1c(Cl)cc(C(F)(F)F)cn1Cc1cccc(Cn2cc(C(F)(F)F)cc(Cl)c2=O)c1. The summed E-state index contributed by atoms with van der Waals surface area (Å²) in [6.45, 7) is -0.566. The largest absolute Gasteiger partial charge is 0.417 e. The molecule has 2 aromatic heterocycles. The zero-order valence-electron chi connectivity index (χ0n) is 15.8. The number of hydrogen-bond acceptors (Lipinski definition) is 2. The number of alkyl halides is 6. The predicted octanol–water partition coefficient (Wildman–Crippen LogP) is 5.45. The van der Waals surface area contributed by atoms with Gasteiger partial charge < -0.3 is 9.13 Å². The minimum Gasteiger partial charge on any atom is -0.309 e. The third-order valence-corrected chi connectivity index (χ3v) is 4.98. The average molecular weight is 497 g/mol. The van der Waals surface area contributed by atoms with Crippen LogP contribution in [0.5, 0.6) is 0 Å². The van der Waals surface area contributed by atoms with Crippen LogP contribution in [0, 0.1) is 0 Å². The Kier molecular flexibility index (Phi) is 6.48. The minimum absolute atomic E-state index is 0.283. The lowest BCUT2D eigenvalue weighted by atomic mass is 10.1. The second-order valence-corrected chi connectivity index (χ2v) is 7.65. The van der Waals surface area contributed by atoms with Gasteiger partial charge in [-0.2, -0.15) is 26.3 Å². The third-order valence-electron chi connectivity index (χ3n) is 4.44. The molecule has 3 aromatic rings. The summed E-state index contributed by atoms with van der Waals surface area (Å²) >= 11 is 11.3. The minimum atomic E-state index is -4.72. The zero-order chi connectivity index (χ0) is 23.8. The monoisotopic (exact) mass is 496 g/mol. The van der Waals surface area contributed by atoms with Crippen LogP contribution in [0.4, 0.5) is 26.3 Å². The highest BCUT2D eigenvalue weighted by atomic mass is 35.5. The molecule has 0 fully saturated rings. The third kappa shape index (κ3) is 5.36. The van der Waals surface area contributed by atoms with Crippen LogP contribution in [-0.2, 0) is 25.4 Å². The first-order valence-electron chi connectivity index (χ1n) is 8.78. The van der Waals surface area contributed by atoms with E-state index in [1.807, 2.05) is 0 Å². The summed E-state index contributed by atoms with van der Waals surface area (Å²) in [7, 11) is 0. The van der Waals surface area contributed by atoms with Crippen molar-refractivity contribution in [1.82, 2.24) is 9.13 Å². The molecule has 0 N–H and O–H groups in total. The van der Waals surface area contributed by atoms with Crippen LogP contribution in [0.15, 0.2) is 58.4 Å². The summed E-state index contributed by atoms with van der Waals surface area (Å²) in [6, 6.07) is 7.01. The van der Waals surface area contributed by atoms with Gasteiger partial charge in [-0.05, 0) is 23.3 Å². The van der Waals surface area contributed by atoms with Crippen molar-refractivity contribution in [3.63, 3.8) is 0 Å². The first kappa shape index (κ1) is 23.9. The van der Waals surface area contributed by atoms with E-state index < -0.39 is 44.6 Å². The molecule has 0 unspecified atom stereocenters. The molecule has 12 heteroatoms. The van der Waals surface area contributed by atoms with E-state index in [1.165, 1.54) is 24.3 Å². The van der Waals surface area contributed by atoms with E-state index in [1.54, 1.807) is 0 Å². The molecule has 3 rings (SSSR count).